The number of nitriles is 1. The van der Waals surface area contributed by atoms with Crippen LogP contribution >= 0.6 is 0 Å². The van der Waals surface area contributed by atoms with E-state index in [9.17, 15) is 10.1 Å². The van der Waals surface area contributed by atoms with Gasteiger partial charge in [0.2, 0.25) is 5.91 Å². The maximum absolute atomic E-state index is 12.2. The molecule has 0 bridgehead atoms. The number of nitrogens with one attached hydrogen (secondary N) is 1. The summed E-state index contributed by atoms with van der Waals surface area (Å²) in [6.07, 6.45) is 4.73. The maximum atomic E-state index is 12.2. The highest BCUT2D eigenvalue weighted by molar-refractivity contribution is 5.86. The van der Waals surface area contributed by atoms with Crippen molar-refractivity contribution in [1.29, 1.82) is 5.26 Å². The smallest absolute Gasteiger partial charge is 0.240 e. The molecular weight excluding hydrogens is 226 g/mol. The molecule has 4 nitrogen and oxygen atoms in total. The van der Waals surface area contributed by atoms with Crippen molar-refractivity contribution >= 4 is 5.91 Å². The highest BCUT2D eigenvalue weighted by atomic mass is 16.2. The molecule has 1 heterocycles. The van der Waals surface area contributed by atoms with Crippen LogP contribution in [0.25, 0.3) is 0 Å². The van der Waals surface area contributed by atoms with Crippen LogP contribution in [0.2, 0.25) is 0 Å². The van der Waals surface area contributed by atoms with Gasteiger partial charge in [-0.3, -0.25) is 9.78 Å². The molecule has 1 atom stereocenters. The van der Waals surface area contributed by atoms with Gasteiger partial charge in [0.25, 0.3) is 0 Å². The van der Waals surface area contributed by atoms with E-state index in [2.05, 4.69) is 23.3 Å². The lowest BCUT2D eigenvalue weighted by atomic mass is 9.63. The molecule has 1 aromatic rings. The SMILES string of the molecule is CC1CC(C#N)(C(=O)NC(C)c2ccncc2)C1. The van der Waals surface area contributed by atoms with Crippen molar-refractivity contribution in [2.45, 2.75) is 32.7 Å². The fourth-order valence-electron chi connectivity index (χ4n) is 2.53. The number of aromatic nitrogens is 1. The lowest BCUT2D eigenvalue weighted by molar-refractivity contribution is -0.134. The molecule has 1 amide bonds. The Bertz CT molecular complexity index is 472. The number of nitrogens with zero attached hydrogens (tertiary/aromatic N) is 2. The molecule has 4 heteroatoms. The number of carbonyl (C=O) groups is 1. The first-order valence-corrected chi connectivity index (χ1v) is 6.19. The molecule has 94 valence electrons. The summed E-state index contributed by atoms with van der Waals surface area (Å²) in [7, 11) is 0. The van der Waals surface area contributed by atoms with Gasteiger partial charge in [-0.2, -0.15) is 5.26 Å². The molecule has 18 heavy (non-hydrogen) atoms. The summed E-state index contributed by atoms with van der Waals surface area (Å²) in [6, 6.07) is 5.82. The summed E-state index contributed by atoms with van der Waals surface area (Å²) in [5.41, 5.74) is 0.194. The average Bonchev–Trinajstić information content (AvgIpc) is 2.35. The largest absolute Gasteiger partial charge is 0.348 e. The molecule has 0 radical (unpaired) electrons. The Morgan fingerprint density at radius 2 is 2.17 bits per heavy atom. The van der Waals surface area contributed by atoms with Crippen LogP contribution in [-0.2, 0) is 4.79 Å². The molecule has 0 spiro atoms. The third kappa shape index (κ3) is 2.21. The molecule has 2 rings (SSSR count). The lowest BCUT2D eigenvalue weighted by Crippen LogP contribution is -2.48. The van der Waals surface area contributed by atoms with E-state index in [1.54, 1.807) is 12.4 Å². The van der Waals surface area contributed by atoms with Gasteiger partial charge in [0.1, 0.15) is 5.41 Å². The Labute approximate surface area is 107 Å². The number of rotatable bonds is 3. The minimum Gasteiger partial charge on any atom is -0.348 e. The van der Waals surface area contributed by atoms with Crippen molar-refractivity contribution in [1.82, 2.24) is 10.3 Å². The fourth-order valence-corrected chi connectivity index (χ4v) is 2.53. The second-order valence-electron chi connectivity index (χ2n) is 5.18. The third-order valence-electron chi connectivity index (χ3n) is 3.60. The molecule has 0 aromatic carbocycles. The van der Waals surface area contributed by atoms with Crippen LogP contribution < -0.4 is 5.32 Å². The lowest BCUT2D eigenvalue weighted by Gasteiger charge is -2.39. The van der Waals surface area contributed by atoms with Gasteiger partial charge in [-0.05, 0) is 43.4 Å². The van der Waals surface area contributed by atoms with Crippen molar-refractivity contribution in [2.75, 3.05) is 0 Å². The van der Waals surface area contributed by atoms with Crippen LogP contribution in [0.1, 0.15) is 38.3 Å². The highest BCUT2D eigenvalue weighted by Crippen LogP contribution is 2.45. The minimum absolute atomic E-state index is 0.0957. The maximum Gasteiger partial charge on any atom is 0.240 e. The van der Waals surface area contributed by atoms with E-state index in [1.165, 1.54) is 0 Å². The quantitative estimate of drug-likeness (QED) is 0.885. The van der Waals surface area contributed by atoms with Gasteiger partial charge < -0.3 is 5.32 Å². The molecule has 1 aliphatic carbocycles. The predicted molar refractivity (Wildman–Crippen MR) is 67.2 cm³/mol. The molecule has 1 unspecified atom stereocenters. The van der Waals surface area contributed by atoms with Crippen LogP contribution in [0.4, 0.5) is 0 Å². The van der Waals surface area contributed by atoms with Crippen LogP contribution in [-0.4, -0.2) is 10.9 Å². The Morgan fingerprint density at radius 3 is 2.67 bits per heavy atom. The normalized spacial score (nSPS) is 27.7. The van der Waals surface area contributed by atoms with E-state index < -0.39 is 5.41 Å². The van der Waals surface area contributed by atoms with E-state index in [4.69, 9.17) is 0 Å². The predicted octanol–water partition coefficient (Wildman–Crippen LogP) is 2.20. The Morgan fingerprint density at radius 1 is 1.56 bits per heavy atom. The van der Waals surface area contributed by atoms with Gasteiger partial charge in [-0.15, -0.1) is 0 Å². The Balaban J connectivity index is 2.02. The van der Waals surface area contributed by atoms with Gasteiger partial charge in [-0.25, -0.2) is 0 Å². The molecule has 1 fully saturated rings. The Kier molecular flexibility index (Phi) is 3.33. The molecule has 1 aliphatic rings. The standard InChI is InChI=1S/C14H17N3O/c1-10-7-14(8-10,9-15)13(18)17-11(2)12-3-5-16-6-4-12/h3-6,10-11H,7-8H2,1-2H3,(H,17,18). The number of hydrogen-bond acceptors (Lipinski definition) is 3. The van der Waals surface area contributed by atoms with Gasteiger partial charge in [-0.1, -0.05) is 6.92 Å². The zero-order chi connectivity index (χ0) is 13.2. The summed E-state index contributed by atoms with van der Waals surface area (Å²) in [6.45, 7) is 3.98. The molecule has 0 saturated heterocycles. The zero-order valence-electron chi connectivity index (χ0n) is 10.7. The van der Waals surface area contributed by atoms with Crippen LogP contribution in [0.15, 0.2) is 24.5 Å². The first-order valence-electron chi connectivity index (χ1n) is 6.19. The highest BCUT2D eigenvalue weighted by Gasteiger charge is 2.49. The summed E-state index contributed by atoms with van der Waals surface area (Å²) in [5, 5.41) is 12.1. The van der Waals surface area contributed by atoms with Crippen molar-refractivity contribution in [3.8, 4) is 6.07 Å². The topological polar surface area (TPSA) is 65.8 Å². The average molecular weight is 243 g/mol. The van der Waals surface area contributed by atoms with Crippen molar-refractivity contribution in [3.63, 3.8) is 0 Å². The second-order valence-corrected chi connectivity index (χ2v) is 5.18. The van der Waals surface area contributed by atoms with Crippen molar-refractivity contribution in [2.24, 2.45) is 11.3 Å². The molecule has 0 aliphatic heterocycles. The number of amides is 1. The monoisotopic (exact) mass is 243 g/mol. The Hall–Kier alpha value is -1.89. The molecule has 1 saturated carbocycles. The van der Waals surface area contributed by atoms with Crippen LogP contribution in [0.5, 0.6) is 0 Å². The van der Waals surface area contributed by atoms with Gasteiger partial charge in [0.15, 0.2) is 0 Å². The van der Waals surface area contributed by atoms with Gasteiger partial charge in [0.05, 0.1) is 12.1 Å². The van der Waals surface area contributed by atoms with Gasteiger partial charge in [0, 0.05) is 12.4 Å². The fraction of sp³-hybridized carbons (Fsp3) is 0.500. The molecular formula is C14H17N3O. The number of hydrogen-bond donors (Lipinski definition) is 1. The summed E-state index contributed by atoms with van der Waals surface area (Å²) in [4.78, 5) is 16.1. The first kappa shape index (κ1) is 12.6. The third-order valence-corrected chi connectivity index (χ3v) is 3.60. The van der Waals surface area contributed by atoms with E-state index in [0.29, 0.717) is 18.8 Å². The zero-order valence-corrected chi connectivity index (χ0v) is 10.7. The van der Waals surface area contributed by atoms with E-state index in [0.717, 1.165) is 5.56 Å². The van der Waals surface area contributed by atoms with E-state index >= 15 is 0 Å². The van der Waals surface area contributed by atoms with Gasteiger partial charge >= 0.3 is 0 Å². The number of pyridine rings is 1. The van der Waals surface area contributed by atoms with Crippen LogP contribution in [0, 0.1) is 22.7 Å². The van der Waals surface area contributed by atoms with Crippen molar-refractivity contribution in [3.05, 3.63) is 30.1 Å². The van der Waals surface area contributed by atoms with E-state index in [-0.39, 0.29) is 11.9 Å². The minimum atomic E-state index is -0.805. The molecule has 1 N–H and O–H groups in total. The summed E-state index contributed by atoms with van der Waals surface area (Å²) in [5.74, 6) is 0.319. The van der Waals surface area contributed by atoms with Crippen LogP contribution in [0.3, 0.4) is 0 Å². The molecule has 1 aromatic heterocycles. The summed E-state index contributed by atoms with van der Waals surface area (Å²) < 4.78 is 0. The first-order chi connectivity index (χ1) is 8.57. The summed E-state index contributed by atoms with van der Waals surface area (Å²) >= 11 is 0. The van der Waals surface area contributed by atoms with E-state index in [1.807, 2.05) is 19.1 Å². The number of carbonyl (C=O) groups excluding carboxylic acids is 1. The second kappa shape index (κ2) is 4.77. The van der Waals surface area contributed by atoms with Crippen molar-refractivity contribution < 1.29 is 4.79 Å².